The number of benzene rings is 2. The second-order valence-corrected chi connectivity index (χ2v) is 7.22. The van der Waals surface area contributed by atoms with Crippen LogP contribution in [0.3, 0.4) is 0 Å². The zero-order chi connectivity index (χ0) is 27.0. The molecule has 1 N–H and O–H groups in total. The van der Waals surface area contributed by atoms with Gasteiger partial charge in [0.15, 0.2) is 5.92 Å². The molecular weight excluding hydrogens is 468 g/mol. The Morgan fingerprint density at radius 2 is 1.06 bits per heavy atom. The molecule has 2 aromatic carbocycles. The van der Waals surface area contributed by atoms with Crippen molar-refractivity contribution in [1.29, 1.82) is 0 Å². The van der Waals surface area contributed by atoms with Gasteiger partial charge in [0.05, 0.1) is 33.0 Å². The van der Waals surface area contributed by atoms with Crippen molar-refractivity contribution in [2.45, 2.75) is 39.0 Å². The highest BCUT2D eigenvalue weighted by molar-refractivity contribution is 6.06. The summed E-state index contributed by atoms with van der Waals surface area (Å²) in [5, 5.41) is 9.62. The van der Waals surface area contributed by atoms with Crippen molar-refractivity contribution in [3.63, 3.8) is 0 Å². The van der Waals surface area contributed by atoms with E-state index in [-0.39, 0.29) is 26.4 Å². The Labute approximate surface area is 211 Å². The van der Waals surface area contributed by atoms with Crippen LogP contribution in [0.4, 0.5) is 0 Å². The molecule has 196 valence electrons. The topological polar surface area (TPSA) is 125 Å². The highest BCUT2D eigenvalue weighted by atomic mass is 16.6. The van der Waals surface area contributed by atoms with E-state index in [9.17, 15) is 24.3 Å². The molecule has 2 rings (SSSR count). The van der Waals surface area contributed by atoms with Crippen molar-refractivity contribution in [2.75, 3.05) is 33.0 Å². The lowest BCUT2D eigenvalue weighted by molar-refractivity contribution is -0.167. The third-order valence-corrected chi connectivity index (χ3v) is 4.93. The summed E-state index contributed by atoms with van der Waals surface area (Å²) in [6.07, 6.45) is 0. The van der Waals surface area contributed by atoms with Gasteiger partial charge in [0, 0.05) is 0 Å². The number of carbonyl (C=O) groups is 4. The number of rotatable bonds is 11. The standard InChI is InChI=1S/C14H18O5.C13H16O4/c1-3-18-12(16)14(10-15,13(17)19-4-2)11-8-6-5-7-9-11;1-3-16-12(14)11(13(15)17-4-2)10-8-6-5-7-9-10/h5-9,15H,3-4,10H2,1-2H3;5-9,11H,3-4H2,1-2H3. The Balaban J connectivity index is 0.000000362. The third kappa shape index (κ3) is 7.91. The summed E-state index contributed by atoms with van der Waals surface area (Å²) < 4.78 is 19.6. The summed E-state index contributed by atoms with van der Waals surface area (Å²) >= 11 is 0. The first-order valence-corrected chi connectivity index (χ1v) is 11.7. The van der Waals surface area contributed by atoms with Gasteiger partial charge < -0.3 is 24.1 Å². The molecule has 36 heavy (non-hydrogen) atoms. The molecule has 0 unspecified atom stereocenters. The van der Waals surface area contributed by atoms with E-state index in [4.69, 9.17) is 18.9 Å². The number of hydrogen-bond donors (Lipinski definition) is 1. The van der Waals surface area contributed by atoms with Gasteiger partial charge in [-0.05, 0) is 38.8 Å². The van der Waals surface area contributed by atoms with E-state index in [2.05, 4.69) is 0 Å². The van der Waals surface area contributed by atoms with Crippen molar-refractivity contribution in [3.8, 4) is 0 Å². The highest BCUT2D eigenvalue weighted by Gasteiger charge is 2.50. The van der Waals surface area contributed by atoms with Crippen LogP contribution in [0.15, 0.2) is 60.7 Å². The Kier molecular flexibility index (Phi) is 13.5. The molecular formula is C27H34O9. The van der Waals surface area contributed by atoms with Crippen LogP contribution in [-0.4, -0.2) is 62.0 Å². The fourth-order valence-electron chi connectivity index (χ4n) is 3.24. The summed E-state index contributed by atoms with van der Waals surface area (Å²) in [5.74, 6) is -3.74. The van der Waals surface area contributed by atoms with E-state index >= 15 is 0 Å². The van der Waals surface area contributed by atoms with Gasteiger partial charge in [0.25, 0.3) is 0 Å². The third-order valence-electron chi connectivity index (χ3n) is 4.93. The fourth-order valence-corrected chi connectivity index (χ4v) is 3.24. The maximum absolute atomic E-state index is 12.1. The summed E-state index contributed by atoms with van der Waals surface area (Å²) in [6.45, 7) is 6.68. The van der Waals surface area contributed by atoms with E-state index in [1.54, 1.807) is 82.3 Å². The molecule has 0 amide bonds. The number of carbonyl (C=O) groups excluding carboxylic acids is 4. The molecule has 0 fully saturated rings. The predicted octanol–water partition coefficient (Wildman–Crippen LogP) is 2.94. The SMILES string of the molecule is CCOC(=O)C(C(=O)OCC)c1ccccc1.CCOC(=O)C(CO)(C(=O)OCC)c1ccccc1. The van der Waals surface area contributed by atoms with Gasteiger partial charge in [0.1, 0.15) is 0 Å². The van der Waals surface area contributed by atoms with Gasteiger partial charge in [-0.2, -0.15) is 0 Å². The van der Waals surface area contributed by atoms with Crippen molar-refractivity contribution in [2.24, 2.45) is 0 Å². The molecule has 0 aliphatic rings. The molecule has 2 aromatic rings. The van der Waals surface area contributed by atoms with E-state index in [0.29, 0.717) is 11.1 Å². The first kappa shape index (κ1) is 30.3. The van der Waals surface area contributed by atoms with Crippen molar-refractivity contribution in [3.05, 3.63) is 71.8 Å². The summed E-state index contributed by atoms with van der Waals surface area (Å²) in [7, 11) is 0. The van der Waals surface area contributed by atoms with E-state index in [1.807, 2.05) is 6.07 Å². The lowest BCUT2D eigenvalue weighted by Gasteiger charge is -2.27. The van der Waals surface area contributed by atoms with Gasteiger partial charge >= 0.3 is 23.9 Å². The summed E-state index contributed by atoms with van der Waals surface area (Å²) in [4.78, 5) is 47.7. The molecule has 0 atom stereocenters. The van der Waals surface area contributed by atoms with Crippen LogP contribution in [0.5, 0.6) is 0 Å². The largest absolute Gasteiger partial charge is 0.465 e. The van der Waals surface area contributed by atoms with Gasteiger partial charge in [-0.25, -0.2) is 0 Å². The molecule has 0 saturated heterocycles. The maximum atomic E-state index is 12.1. The minimum Gasteiger partial charge on any atom is -0.465 e. The zero-order valence-electron chi connectivity index (χ0n) is 21.1. The summed E-state index contributed by atoms with van der Waals surface area (Å²) in [6, 6.07) is 17.0. The number of esters is 4. The molecule has 0 heterocycles. The number of aliphatic hydroxyl groups is 1. The fraction of sp³-hybridized carbons (Fsp3) is 0.407. The second-order valence-electron chi connectivity index (χ2n) is 7.22. The molecule has 0 aliphatic heterocycles. The van der Waals surface area contributed by atoms with Crippen LogP contribution < -0.4 is 0 Å². The molecule has 0 saturated carbocycles. The quantitative estimate of drug-likeness (QED) is 0.280. The Hall–Kier alpha value is -3.72. The van der Waals surface area contributed by atoms with Crippen LogP contribution in [0.1, 0.15) is 44.7 Å². The Bertz CT molecular complexity index is 922. The first-order chi connectivity index (χ1) is 17.3. The molecule has 9 heteroatoms. The molecule has 0 aromatic heterocycles. The van der Waals surface area contributed by atoms with Crippen molar-refractivity contribution >= 4 is 23.9 Å². The smallest absolute Gasteiger partial charge is 0.330 e. The molecule has 0 aliphatic carbocycles. The normalized spacial score (nSPS) is 10.5. The number of hydrogen-bond acceptors (Lipinski definition) is 9. The monoisotopic (exact) mass is 502 g/mol. The average molecular weight is 503 g/mol. The minimum absolute atomic E-state index is 0.118. The second kappa shape index (κ2) is 16.0. The Morgan fingerprint density at radius 3 is 1.42 bits per heavy atom. The van der Waals surface area contributed by atoms with Crippen molar-refractivity contribution < 1.29 is 43.2 Å². The van der Waals surface area contributed by atoms with Crippen LogP contribution in [0.2, 0.25) is 0 Å². The lowest BCUT2D eigenvalue weighted by atomic mass is 9.81. The molecule has 0 radical (unpaired) electrons. The van der Waals surface area contributed by atoms with Crippen molar-refractivity contribution in [1.82, 2.24) is 0 Å². The van der Waals surface area contributed by atoms with Crippen LogP contribution in [-0.2, 0) is 43.5 Å². The zero-order valence-corrected chi connectivity index (χ0v) is 21.1. The van der Waals surface area contributed by atoms with Crippen LogP contribution in [0.25, 0.3) is 0 Å². The van der Waals surface area contributed by atoms with E-state index in [1.165, 1.54) is 0 Å². The van der Waals surface area contributed by atoms with E-state index in [0.717, 1.165) is 0 Å². The first-order valence-electron chi connectivity index (χ1n) is 11.7. The van der Waals surface area contributed by atoms with Gasteiger partial charge in [-0.15, -0.1) is 0 Å². The van der Waals surface area contributed by atoms with Gasteiger partial charge in [0.2, 0.25) is 5.41 Å². The van der Waals surface area contributed by atoms with Crippen LogP contribution in [0, 0.1) is 0 Å². The van der Waals surface area contributed by atoms with Gasteiger partial charge in [-0.3, -0.25) is 19.2 Å². The highest BCUT2D eigenvalue weighted by Crippen LogP contribution is 2.27. The van der Waals surface area contributed by atoms with Crippen LogP contribution >= 0.6 is 0 Å². The number of ether oxygens (including phenoxy) is 4. The molecule has 0 spiro atoms. The molecule has 0 bridgehead atoms. The minimum atomic E-state index is -1.81. The number of aliphatic hydroxyl groups excluding tert-OH is 1. The average Bonchev–Trinajstić information content (AvgIpc) is 2.87. The van der Waals surface area contributed by atoms with Gasteiger partial charge in [-0.1, -0.05) is 60.7 Å². The summed E-state index contributed by atoms with van der Waals surface area (Å²) in [5.41, 5.74) is -0.869. The van der Waals surface area contributed by atoms with E-state index < -0.39 is 41.8 Å². The maximum Gasteiger partial charge on any atom is 0.330 e. The predicted molar refractivity (Wildman–Crippen MR) is 131 cm³/mol. The molecule has 9 nitrogen and oxygen atoms in total. The Morgan fingerprint density at radius 1 is 0.667 bits per heavy atom. The lowest BCUT2D eigenvalue weighted by Crippen LogP contribution is -2.49.